The quantitative estimate of drug-likeness (QED) is 0.737. The van der Waals surface area contributed by atoms with Crippen LogP contribution in [0.15, 0.2) is 54.7 Å². The van der Waals surface area contributed by atoms with E-state index in [2.05, 4.69) is 48.4 Å². The highest BCUT2D eigenvalue weighted by Gasteiger charge is 2.16. The molecule has 3 nitrogen and oxygen atoms in total. The molecule has 2 N–H and O–H groups in total. The molecule has 2 aromatic carbocycles. The number of H-pyrrole nitrogens is 1. The van der Waals surface area contributed by atoms with E-state index in [1.165, 1.54) is 5.56 Å². The van der Waals surface area contributed by atoms with Crippen molar-refractivity contribution >= 4 is 16.8 Å². The van der Waals surface area contributed by atoms with E-state index in [9.17, 15) is 4.79 Å². The van der Waals surface area contributed by atoms with Crippen LogP contribution in [0.4, 0.5) is 0 Å². The molecule has 1 unspecified atom stereocenters. The number of aryl methyl sites for hydroxylation is 1. The number of fused-ring (bicyclic) bond motifs is 1. The summed E-state index contributed by atoms with van der Waals surface area (Å²) >= 11 is 0. The normalized spacial score (nSPS) is 12.3. The Kier molecular flexibility index (Phi) is 3.96. The molecule has 3 aromatic rings. The fourth-order valence-corrected chi connectivity index (χ4v) is 2.74. The molecule has 0 aliphatic heterocycles. The van der Waals surface area contributed by atoms with Crippen LogP contribution in [0.1, 0.15) is 40.9 Å². The highest BCUT2D eigenvalue weighted by Crippen LogP contribution is 2.21. The van der Waals surface area contributed by atoms with Gasteiger partial charge in [0.1, 0.15) is 0 Å². The number of nitrogens with one attached hydrogen (secondary N) is 2. The molecular weight excluding hydrogens is 272 g/mol. The van der Waals surface area contributed by atoms with Crippen LogP contribution < -0.4 is 5.32 Å². The molecule has 0 aliphatic rings. The van der Waals surface area contributed by atoms with E-state index in [1.54, 1.807) is 0 Å². The first-order valence-electron chi connectivity index (χ1n) is 7.62. The molecule has 1 amide bonds. The van der Waals surface area contributed by atoms with Crippen molar-refractivity contribution in [2.24, 2.45) is 0 Å². The lowest BCUT2D eigenvalue weighted by Crippen LogP contribution is -2.28. The largest absolute Gasteiger partial charge is 0.361 e. The molecule has 1 aromatic heterocycles. The molecule has 22 heavy (non-hydrogen) atoms. The summed E-state index contributed by atoms with van der Waals surface area (Å²) in [5.74, 6) is -0.0300. The van der Waals surface area contributed by atoms with Crippen LogP contribution in [0, 0.1) is 6.92 Å². The standard InChI is InChI=1S/C19H20N2O/c1-3-17(14-9-7-13(2)8-10-14)21-19(22)16-5-4-6-18-15(16)11-12-20-18/h4-12,17,20H,3H2,1-2H3,(H,21,22). The van der Waals surface area contributed by atoms with Crippen molar-refractivity contribution in [3.05, 3.63) is 71.4 Å². The van der Waals surface area contributed by atoms with Crippen LogP contribution in [0.25, 0.3) is 10.9 Å². The van der Waals surface area contributed by atoms with Gasteiger partial charge in [-0.25, -0.2) is 0 Å². The van der Waals surface area contributed by atoms with Gasteiger partial charge in [0, 0.05) is 22.7 Å². The number of amides is 1. The summed E-state index contributed by atoms with van der Waals surface area (Å²) in [5, 5.41) is 4.11. The topological polar surface area (TPSA) is 44.9 Å². The molecule has 3 heteroatoms. The maximum absolute atomic E-state index is 12.6. The van der Waals surface area contributed by atoms with Crippen molar-refractivity contribution in [3.8, 4) is 0 Å². The Morgan fingerprint density at radius 3 is 2.64 bits per heavy atom. The van der Waals surface area contributed by atoms with E-state index in [0.29, 0.717) is 5.56 Å². The Morgan fingerprint density at radius 2 is 1.91 bits per heavy atom. The van der Waals surface area contributed by atoms with Crippen molar-refractivity contribution in [3.63, 3.8) is 0 Å². The molecule has 3 rings (SSSR count). The minimum atomic E-state index is -0.0300. The van der Waals surface area contributed by atoms with E-state index in [4.69, 9.17) is 0 Å². The van der Waals surface area contributed by atoms with Crippen LogP contribution in [-0.4, -0.2) is 10.9 Å². The van der Waals surface area contributed by atoms with E-state index in [0.717, 1.165) is 22.9 Å². The molecule has 1 atom stereocenters. The van der Waals surface area contributed by atoms with Crippen LogP contribution in [0.3, 0.4) is 0 Å². The predicted molar refractivity (Wildman–Crippen MR) is 90.0 cm³/mol. The number of aromatic nitrogens is 1. The van der Waals surface area contributed by atoms with Crippen molar-refractivity contribution < 1.29 is 4.79 Å². The SMILES string of the molecule is CCC(NC(=O)c1cccc2[nH]ccc12)c1ccc(C)cc1. The maximum Gasteiger partial charge on any atom is 0.252 e. The van der Waals surface area contributed by atoms with Gasteiger partial charge < -0.3 is 10.3 Å². The zero-order valence-corrected chi connectivity index (χ0v) is 12.9. The number of carbonyl (C=O) groups is 1. The number of hydrogen-bond acceptors (Lipinski definition) is 1. The number of benzene rings is 2. The van der Waals surface area contributed by atoms with Gasteiger partial charge in [0.15, 0.2) is 0 Å². The Labute approximate surface area is 130 Å². The molecule has 0 aliphatic carbocycles. The maximum atomic E-state index is 12.6. The van der Waals surface area contributed by atoms with Gasteiger partial charge in [-0.3, -0.25) is 4.79 Å². The molecule has 0 saturated carbocycles. The number of aromatic amines is 1. The molecule has 0 saturated heterocycles. The lowest BCUT2D eigenvalue weighted by Gasteiger charge is -2.18. The summed E-state index contributed by atoms with van der Waals surface area (Å²) < 4.78 is 0. The molecule has 0 spiro atoms. The van der Waals surface area contributed by atoms with Gasteiger partial charge in [-0.15, -0.1) is 0 Å². The first-order chi connectivity index (χ1) is 10.7. The smallest absolute Gasteiger partial charge is 0.252 e. The van der Waals surface area contributed by atoms with Crippen molar-refractivity contribution in [2.45, 2.75) is 26.3 Å². The fraction of sp³-hybridized carbons (Fsp3) is 0.211. The van der Waals surface area contributed by atoms with Gasteiger partial charge in [-0.05, 0) is 37.1 Å². The van der Waals surface area contributed by atoms with Crippen LogP contribution in [0.2, 0.25) is 0 Å². The van der Waals surface area contributed by atoms with E-state index < -0.39 is 0 Å². The summed E-state index contributed by atoms with van der Waals surface area (Å²) in [7, 11) is 0. The minimum Gasteiger partial charge on any atom is -0.361 e. The average molecular weight is 292 g/mol. The highest BCUT2D eigenvalue weighted by molar-refractivity contribution is 6.06. The van der Waals surface area contributed by atoms with Gasteiger partial charge in [-0.2, -0.15) is 0 Å². The van der Waals surface area contributed by atoms with Crippen LogP contribution in [0.5, 0.6) is 0 Å². The summed E-state index contributed by atoms with van der Waals surface area (Å²) in [6.45, 7) is 4.15. The van der Waals surface area contributed by atoms with E-state index in [-0.39, 0.29) is 11.9 Å². The van der Waals surface area contributed by atoms with Gasteiger partial charge >= 0.3 is 0 Å². The van der Waals surface area contributed by atoms with Crippen molar-refractivity contribution in [1.82, 2.24) is 10.3 Å². The van der Waals surface area contributed by atoms with Crippen LogP contribution in [-0.2, 0) is 0 Å². The predicted octanol–water partition coefficient (Wildman–Crippen LogP) is 4.36. The van der Waals surface area contributed by atoms with Gasteiger partial charge in [0.05, 0.1) is 6.04 Å². The summed E-state index contributed by atoms with van der Waals surface area (Å²) in [6.07, 6.45) is 2.72. The highest BCUT2D eigenvalue weighted by atomic mass is 16.1. The Bertz CT molecular complexity index is 787. The molecule has 0 bridgehead atoms. The summed E-state index contributed by atoms with van der Waals surface area (Å²) in [5.41, 5.74) is 4.06. The Balaban J connectivity index is 1.86. The average Bonchev–Trinajstić information content (AvgIpc) is 3.01. The van der Waals surface area contributed by atoms with E-state index >= 15 is 0 Å². The van der Waals surface area contributed by atoms with Gasteiger partial charge in [0.2, 0.25) is 0 Å². The third-order valence-corrected chi connectivity index (χ3v) is 4.03. The minimum absolute atomic E-state index is 0.0299. The molecule has 0 radical (unpaired) electrons. The monoisotopic (exact) mass is 292 g/mol. The summed E-state index contributed by atoms with van der Waals surface area (Å²) in [4.78, 5) is 15.8. The first-order valence-corrected chi connectivity index (χ1v) is 7.62. The fourth-order valence-electron chi connectivity index (χ4n) is 2.74. The molecule has 112 valence electrons. The summed E-state index contributed by atoms with van der Waals surface area (Å²) in [6, 6.07) is 16.0. The molecule has 1 heterocycles. The van der Waals surface area contributed by atoms with Crippen molar-refractivity contribution in [2.75, 3.05) is 0 Å². The zero-order chi connectivity index (χ0) is 15.5. The first kappa shape index (κ1) is 14.4. The number of hydrogen-bond donors (Lipinski definition) is 2. The van der Waals surface area contributed by atoms with Crippen LogP contribution >= 0.6 is 0 Å². The third-order valence-electron chi connectivity index (χ3n) is 4.03. The Hall–Kier alpha value is -2.55. The van der Waals surface area contributed by atoms with Gasteiger partial charge in [-0.1, -0.05) is 42.8 Å². The lowest BCUT2D eigenvalue weighted by molar-refractivity contribution is 0.0937. The number of carbonyl (C=O) groups excluding carboxylic acids is 1. The number of rotatable bonds is 4. The second kappa shape index (κ2) is 6.06. The third kappa shape index (κ3) is 2.75. The van der Waals surface area contributed by atoms with E-state index in [1.807, 2.05) is 30.5 Å². The van der Waals surface area contributed by atoms with Crippen molar-refractivity contribution in [1.29, 1.82) is 0 Å². The van der Waals surface area contributed by atoms with Gasteiger partial charge in [0.25, 0.3) is 5.91 Å². The second-order valence-electron chi connectivity index (χ2n) is 5.59. The molecule has 0 fully saturated rings. The molecular formula is C19H20N2O. The lowest BCUT2D eigenvalue weighted by atomic mass is 10.0. The second-order valence-corrected chi connectivity index (χ2v) is 5.59. The zero-order valence-electron chi connectivity index (χ0n) is 12.9. The Morgan fingerprint density at radius 1 is 1.14 bits per heavy atom.